The molecule has 0 spiro atoms. The van der Waals surface area contributed by atoms with Gasteiger partial charge in [-0.05, 0) is 17.5 Å². The van der Waals surface area contributed by atoms with E-state index in [-0.39, 0.29) is 0 Å². The highest BCUT2D eigenvalue weighted by Gasteiger charge is 2.17. The molecule has 0 aliphatic carbocycles. The first kappa shape index (κ1) is 16.2. The molecule has 116 valence electrons. The fraction of sp³-hybridized carbons (Fsp3) is 0.429. The zero-order chi connectivity index (χ0) is 15.5. The molecule has 0 aliphatic rings. The molecular formula is C14H21N3O2S2. The number of sulfonamides is 1. The Balaban J connectivity index is 2.07. The molecule has 0 saturated heterocycles. The van der Waals surface area contributed by atoms with Gasteiger partial charge in [-0.25, -0.2) is 13.1 Å². The van der Waals surface area contributed by atoms with E-state index in [1.807, 2.05) is 29.1 Å². The van der Waals surface area contributed by atoms with Crippen molar-refractivity contribution in [3.63, 3.8) is 0 Å². The molecule has 0 bridgehead atoms. The average molecular weight is 327 g/mol. The molecule has 2 aromatic heterocycles. The number of hydrogen-bond donors (Lipinski definition) is 2. The largest absolute Gasteiger partial charge is 0.352 e. The Morgan fingerprint density at radius 3 is 2.71 bits per heavy atom. The van der Waals surface area contributed by atoms with E-state index in [1.165, 1.54) is 11.3 Å². The van der Waals surface area contributed by atoms with E-state index < -0.39 is 10.0 Å². The zero-order valence-corrected chi connectivity index (χ0v) is 14.1. The summed E-state index contributed by atoms with van der Waals surface area (Å²) in [5, 5.41) is 5.22. The third-order valence-electron chi connectivity index (χ3n) is 3.10. The van der Waals surface area contributed by atoms with Gasteiger partial charge in [-0.2, -0.15) is 0 Å². The number of thiophene rings is 1. The lowest BCUT2D eigenvalue weighted by Gasteiger charge is -2.08. The molecule has 2 heterocycles. The summed E-state index contributed by atoms with van der Waals surface area (Å²) in [5.41, 5.74) is 0.945. The van der Waals surface area contributed by atoms with Crippen LogP contribution in [0.5, 0.6) is 0 Å². The van der Waals surface area contributed by atoms with Crippen LogP contribution < -0.4 is 10.0 Å². The van der Waals surface area contributed by atoms with Gasteiger partial charge in [0.2, 0.25) is 10.0 Å². The Hall–Kier alpha value is -1.15. The van der Waals surface area contributed by atoms with Crippen molar-refractivity contribution < 1.29 is 8.42 Å². The van der Waals surface area contributed by atoms with Crippen LogP contribution in [0.15, 0.2) is 34.7 Å². The van der Waals surface area contributed by atoms with Crippen molar-refractivity contribution in [1.29, 1.82) is 0 Å². The SMILES string of the molecule is CC(C)NCc1cc(S(=O)(=O)NCc2cccs2)cn1C. The molecule has 0 aliphatic heterocycles. The summed E-state index contributed by atoms with van der Waals surface area (Å²) < 4.78 is 29.1. The van der Waals surface area contributed by atoms with Crippen LogP contribution in [0.2, 0.25) is 0 Å². The molecule has 5 nitrogen and oxygen atoms in total. The second kappa shape index (κ2) is 6.74. The number of rotatable bonds is 7. The minimum absolute atomic E-state index is 0.308. The third kappa shape index (κ3) is 4.41. The summed E-state index contributed by atoms with van der Waals surface area (Å²) in [7, 11) is -1.61. The predicted molar refractivity (Wildman–Crippen MR) is 85.7 cm³/mol. The van der Waals surface area contributed by atoms with E-state index >= 15 is 0 Å². The number of hydrogen-bond acceptors (Lipinski definition) is 4. The number of nitrogens with zero attached hydrogens (tertiary/aromatic N) is 1. The lowest BCUT2D eigenvalue weighted by atomic mass is 10.3. The van der Waals surface area contributed by atoms with Gasteiger partial charge in [-0.1, -0.05) is 19.9 Å². The number of aromatic nitrogens is 1. The molecule has 2 rings (SSSR count). The van der Waals surface area contributed by atoms with Gasteiger partial charge >= 0.3 is 0 Å². The molecule has 21 heavy (non-hydrogen) atoms. The summed E-state index contributed by atoms with van der Waals surface area (Å²) in [6.07, 6.45) is 1.65. The van der Waals surface area contributed by atoms with Gasteiger partial charge in [0, 0.05) is 42.9 Å². The zero-order valence-electron chi connectivity index (χ0n) is 12.5. The topological polar surface area (TPSA) is 63.1 Å². The maximum absolute atomic E-state index is 12.3. The molecule has 0 fully saturated rings. The molecule has 0 saturated carbocycles. The van der Waals surface area contributed by atoms with Crippen LogP contribution in [0.25, 0.3) is 0 Å². The molecule has 0 unspecified atom stereocenters. The standard InChI is InChI=1S/C14H21N3O2S2/c1-11(2)15-8-12-7-14(10-17(12)3)21(18,19)16-9-13-5-4-6-20-13/h4-7,10-11,15-16H,8-9H2,1-3H3. The molecule has 0 radical (unpaired) electrons. The predicted octanol–water partition coefficient (Wildman–Crippen LogP) is 2.06. The van der Waals surface area contributed by atoms with Gasteiger partial charge in [0.15, 0.2) is 0 Å². The first-order chi connectivity index (χ1) is 9.88. The van der Waals surface area contributed by atoms with Crippen LogP contribution in [0, 0.1) is 0 Å². The van der Waals surface area contributed by atoms with Crippen LogP contribution in [0.3, 0.4) is 0 Å². The highest BCUT2D eigenvalue weighted by molar-refractivity contribution is 7.89. The molecule has 0 aromatic carbocycles. The lowest BCUT2D eigenvalue weighted by molar-refractivity contribution is 0.571. The average Bonchev–Trinajstić information content (AvgIpc) is 3.04. The van der Waals surface area contributed by atoms with Crippen LogP contribution in [-0.2, 0) is 30.2 Å². The Bertz CT molecular complexity index is 673. The normalized spacial score (nSPS) is 12.2. The van der Waals surface area contributed by atoms with E-state index in [1.54, 1.807) is 12.3 Å². The fourth-order valence-corrected chi connectivity index (χ4v) is 3.71. The van der Waals surface area contributed by atoms with E-state index in [4.69, 9.17) is 0 Å². The maximum atomic E-state index is 12.3. The van der Waals surface area contributed by atoms with Crippen LogP contribution >= 0.6 is 11.3 Å². The lowest BCUT2D eigenvalue weighted by Crippen LogP contribution is -2.23. The number of aryl methyl sites for hydroxylation is 1. The minimum Gasteiger partial charge on any atom is -0.352 e. The van der Waals surface area contributed by atoms with Crippen molar-refractivity contribution in [2.45, 2.75) is 37.9 Å². The van der Waals surface area contributed by atoms with Crippen molar-refractivity contribution in [3.05, 3.63) is 40.3 Å². The molecule has 0 atom stereocenters. The van der Waals surface area contributed by atoms with Gasteiger partial charge in [0.1, 0.15) is 0 Å². The first-order valence-corrected chi connectivity index (χ1v) is 9.15. The molecule has 0 amide bonds. The van der Waals surface area contributed by atoms with Crippen LogP contribution in [-0.4, -0.2) is 19.0 Å². The van der Waals surface area contributed by atoms with Gasteiger partial charge in [-0.15, -0.1) is 11.3 Å². The Kier molecular flexibility index (Phi) is 5.21. The Labute approximate surface area is 130 Å². The van der Waals surface area contributed by atoms with Crippen molar-refractivity contribution >= 4 is 21.4 Å². The van der Waals surface area contributed by atoms with Crippen molar-refractivity contribution in [3.8, 4) is 0 Å². The quantitative estimate of drug-likeness (QED) is 0.818. The third-order valence-corrected chi connectivity index (χ3v) is 5.35. The van der Waals surface area contributed by atoms with Crippen molar-refractivity contribution in [2.24, 2.45) is 7.05 Å². The Morgan fingerprint density at radius 1 is 1.33 bits per heavy atom. The van der Waals surface area contributed by atoms with E-state index in [0.717, 1.165) is 10.6 Å². The highest BCUT2D eigenvalue weighted by atomic mass is 32.2. The van der Waals surface area contributed by atoms with Crippen LogP contribution in [0.4, 0.5) is 0 Å². The van der Waals surface area contributed by atoms with Crippen LogP contribution in [0.1, 0.15) is 24.4 Å². The van der Waals surface area contributed by atoms with Gasteiger partial charge in [0.25, 0.3) is 0 Å². The van der Waals surface area contributed by atoms with Gasteiger partial charge in [-0.3, -0.25) is 0 Å². The second-order valence-corrected chi connectivity index (χ2v) is 8.02. The van der Waals surface area contributed by atoms with Crippen molar-refractivity contribution in [1.82, 2.24) is 14.6 Å². The summed E-state index contributed by atoms with van der Waals surface area (Å²) in [5.74, 6) is 0. The second-order valence-electron chi connectivity index (χ2n) is 5.22. The maximum Gasteiger partial charge on any atom is 0.242 e. The molecular weight excluding hydrogens is 306 g/mol. The summed E-state index contributed by atoms with van der Waals surface area (Å²) >= 11 is 1.54. The van der Waals surface area contributed by atoms with Gasteiger partial charge < -0.3 is 9.88 Å². The summed E-state index contributed by atoms with van der Waals surface area (Å²) in [6.45, 7) is 5.09. The van der Waals surface area contributed by atoms with Crippen molar-refractivity contribution in [2.75, 3.05) is 0 Å². The molecule has 2 N–H and O–H groups in total. The molecule has 7 heteroatoms. The van der Waals surface area contributed by atoms with Gasteiger partial charge in [0.05, 0.1) is 4.90 Å². The van der Waals surface area contributed by atoms with E-state index in [0.29, 0.717) is 24.0 Å². The highest BCUT2D eigenvalue weighted by Crippen LogP contribution is 2.15. The smallest absolute Gasteiger partial charge is 0.242 e. The first-order valence-electron chi connectivity index (χ1n) is 6.79. The Morgan fingerprint density at radius 2 is 2.10 bits per heavy atom. The van der Waals surface area contributed by atoms with E-state index in [2.05, 4.69) is 23.9 Å². The minimum atomic E-state index is -3.47. The fourth-order valence-electron chi connectivity index (χ4n) is 1.87. The summed E-state index contributed by atoms with van der Waals surface area (Å²) in [4.78, 5) is 1.30. The van der Waals surface area contributed by atoms with E-state index in [9.17, 15) is 8.42 Å². The summed E-state index contributed by atoms with van der Waals surface area (Å²) in [6, 6.07) is 5.89. The number of nitrogens with one attached hydrogen (secondary N) is 2. The molecule has 2 aromatic rings. The monoisotopic (exact) mass is 327 g/mol.